The number of nitrogens with zero attached hydrogens (tertiary/aromatic N) is 2. The van der Waals surface area contributed by atoms with Gasteiger partial charge in [-0.1, -0.05) is 0 Å². The fraction of sp³-hybridized carbons (Fsp3) is 0.143. The third-order valence-corrected chi connectivity index (χ3v) is 2.12. The SMILES string of the molecule is C1=Cc2nccnc2CS1. The minimum Gasteiger partial charge on any atom is -0.257 e. The highest BCUT2D eigenvalue weighted by Crippen LogP contribution is 2.20. The zero-order chi connectivity index (χ0) is 6.81. The van der Waals surface area contributed by atoms with Crippen LogP contribution in [0.4, 0.5) is 0 Å². The lowest BCUT2D eigenvalue weighted by atomic mass is 10.3. The molecule has 0 saturated heterocycles. The fourth-order valence-electron chi connectivity index (χ4n) is 0.868. The maximum atomic E-state index is 4.18. The molecular formula is C7H6N2S. The maximum Gasteiger partial charge on any atom is 0.0858 e. The van der Waals surface area contributed by atoms with E-state index >= 15 is 0 Å². The number of fused-ring (bicyclic) bond motifs is 1. The molecule has 2 nitrogen and oxygen atoms in total. The second-order valence-corrected chi connectivity index (χ2v) is 2.90. The zero-order valence-electron chi connectivity index (χ0n) is 5.32. The maximum absolute atomic E-state index is 4.18. The van der Waals surface area contributed by atoms with Gasteiger partial charge in [0, 0.05) is 18.1 Å². The van der Waals surface area contributed by atoms with E-state index in [-0.39, 0.29) is 0 Å². The Labute approximate surface area is 63.4 Å². The summed E-state index contributed by atoms with van der Waals surface area (Å²) in [6, 6.07) is 0. The molecule has 0 fully saturated rings. The van der Waals surface area contributed by atoms with Crippen molar-refractivity contribution in [2.75, 3.05) is 0 Å². The van der Waals surface area contributed by atoms with Gasteiger partial charge in [-0.05, 0) is 11.5 Å². The quantitative estimate of drug-likeness (QED) is 0.563. The number of hydrogen-bond acceptors (Lipinski definition) is 3. The highest BCUT2D eigenvalue weighted by atomic mass is 32.2. The lowest BCUT2D eigenvalue weighted by Crippen LogP contribution is -1.95. The lowest BCUT2D eigenvalue weighted by Gasteiger charge is -2.05. The molecule has 1 aliphatic heterocycles. The summed E-state index contributed by atoms with van der Waals surface area (Å²) in [5, 5.41) is 2.05. The first-order valence-corrected chi connectivity index (χ1v) is 4.10. The van der Waals surface area contributed by atoms with Crippen LogP contribution in [0, 0.1) is 0 Å². The van der Waals surface area contributed by atoms with E-state index in [0.717, 1.165) is 17.1 Å². The molecule has 0 amide bonds. The predicted molar refractivity (Wildman–Crippen MR) is 42.4 cm³/mol. The standard InChI is InChI=1S/C7H6N2S/c1-4-10-5-7-6(1)8-2-3-9-7/h1-4H,5H2. The highest BCUT2D eigenvalue weighted by Gasteiger charge is 2.04. The molecule has 1 aromatic heterocycles. The average Bonchev–Trinajstić information content (AvgIpc) is 2.05. The van der Waals surface area contributed by atoms with Gasteiger partial charge < -0.3 is 0 Å². The molecule has 0 atom stereocenters. The van der Waals surface area contributed by atoms with Gasteiger partial charge in [0.25, 0.3) is 0 Å². The third-order valence-electron chi connectivity index (χ3n) is 1.35. The summed E-state index contributed by atoms with van der Waals surface area (Å²) in [6.45, 7) is 0. The van der Waals surface area contributed by atoms with Crippen molar-refractivity contribution in [1.29, 1.82) is 0 Å². The molecule has 0 N–H and O–H groups in total. The number of thioether (sulfide) groups is 1. The van der Waals surface area contributed by atoms with Crippen molar-refractivity contribution in [3.8, 4) is 0 Å². The monoisotopic (exact) mass is 150 g/mol. The van der Waals surface area contributed by atoms with Crippen molar-refractivity contribution in [3.05, 3.63) is 29.2 Å². The van der Waals surface area contributed by atoms with Crippen LogP contribution < -0.4 is 0 Å². The largest absolute Gasteiger partial charge is 0.257 e. The Kier molecular flexibility index (Phi) is 1.43. The van der Waals surface area contributed by atoms with E-state index < -0.39 is 0 Å². The minimum atomic E-state index is 0.958. The van der Waals surface area contributed by atoms with Gasteiger partial charge in [0.2, 0.25) is 0 Å². The Bertz CT molecular complexity index is 270. The molecule has 0 aliphatic carbocycles. The molecule has 0 aromatic carbocycles. The number of rotatable bonds is 0. The molecule has 0 radical (unpaired) electrons. The molecule has 2 rings (SSSR count). The van der Waals surface area contributed by atoms with Crippen LogP contribution in [-0.4, -0.2) is 9.97 Å². The summed E-state index contributed by atoms with van der Waals surface area (Å²) in [5.74, 6) is 0.958. The van der Waals surface area contributed by atoms with Gasteiger partial charge >= 0.3 is 0 Å². The molecule has 2 heterocycles. The first kappa shape index (κ1) is 5.92. The number of aromatic nitrogens is 2. The van der Waals surface area contributed by atoms with E-state index in [0.29, 0.717) is 0 Å². The summed E-state index contributed by atoms with van der Waals surface area (Å²) < 4.78 is 0. The van der Waals surface area contributed by atoms with E-state index in [2.05, 4.69) is 15.4 Å². The molecular weight excluding hydrogens is 144 g/mol. The van der Waals surface area contributed by atoms with Crippen LogP contribution in [0.1, 0.15) is 11.4 Å². The van der Waals surface area contributed by atoms with Crippen molar-refractivity contribution in [2.45, 2.75) is 5.75 Å². The van der Waals surface area contributed by atoms with Gasteiger partial charge in [0.15, 0.2) is 0 Å². The molecule has 3 heteroatoms. The Morgan fingerprint density at radius 1 is 1.30 bits per heavy atom. The van der Waals surface area contributed by atoms with Gasteiger partial charge in [0.05, 0.1) is 11.4 Å². The Morgan fingerprint density at radius 3 is 3.10 bits per heavy atom. The van der Waals surface area contributed by atoms with Crippen molar-refractivity contribution < 1.29 is 0 Å². The van der Waals surface area contributed by atoms with Gasteiger partial charge in [-0.25, -0.2) is 0 Å². The third kappa shape index (κ3) is 0.926. The van der Waals surface area contributed by atoms with Crippen molar-refractivity contribution in [2.24, 2.45) is 0 Å². The van der Waals surface area contributed by atoms with Gasteiger partial charge in [-0.3, -0.25) is 9.97 Å². The van der Waals surface area contributed by atoms with Crippen LogP contribution in [-0.2, 0) is 5.75 Å². The van der Waals surface area contributed by atoms with E-state index in [4.69, 9.17) is 0 Å². The van der Waals surface area contributed by atoms with Gasteiger partial charge in [-0.2, -0.15) is 0 Å². The summed E-state index contributed by atoms with van der Waals surface area (Å²) in [4.78, 5) is 8.34. The average molecular weight is 150 g/mol. The summed E-state index contributed by atoms with van der Waals surface area (Å²) in [7, 11) is 0. The molecule has 50 valence electrons. The first-order chi connectivity index (χ1) is 4.97. The second-order valence-electron chi connectivity index (χ2n) is 2.00. The van der Waals surface area contributed by atoms with Crippen molar-refractivity contribution >= 4 is 17.8 Å². The molecule has 10 heavy (non-hydrogen) atoms. The summed E-state index contributed by atoms with van der Waals surface area (Å²) in [5.41, 5.74) is 2.11. The Hall–Kier alpha value is -0.830. The lowest BCUT2D eigenvalue weighted by molar-refractivity contribution is 1.08. The van der Waals surface area contributed by atoms with E-state index in [1.54, 1.807) is 24.2 Å². The summed E-state index contributed by atoms with van der Waals surface area (Å²) >= 11 is 1.75. The second kappa shape index (κ2) is 2.42. The highest BCUT2D eigenvalue weighted by molar-refractivity contribution is 8.01. The summed E-state index contributed by atoms with van der Waals surface area (Å²) in [6.07, 6.45) is 5.45. The molecule has 0 spiro atoms. The minimum absolute atomic E-state index is 0.958. The van der Waals surface area contributed by atoms with Crippen molar-refractivity contribution in [3.63, 3.8) is 0 Å². The van der Waals surface area contributed by atoms with E-state index in [1.807, 2.05) is 6.08 Å². The van der Waals surface area contributed by atoms with Crippen LogP contribution in [0.15, 0.2) is 17.8 Å². The van der Waals surface area contributed by atoms with Crippen LogP contribution in [0.2, 0.25) is 0 Å². The van der Waals surface area contributed by atoms with Crippen LogP contribution in [0.5, 0.6) is 0 Å². The van der Waals surface area contributed by atoms with Gasteiger partial charge in [0.1, 0.15) is 0 Å². The molecule has 0 unspecified atom stereocenters. The first-order valence-electron chi connectivity index (χ1n) is 3.05. The zero-order valence-corrected chi connectivity index (χ0v) is 6.14. The van der Waals surface area contributed by atoms with Crippen LogP contribution >= 0.6 is 11.8 Å². The fourth-order valence-corrected chi connectivity index (χ4v) is 1.57. The Balaban J connectivity index is 2.54. The number of hydrogen-bond donors (Lipinski definition) is 0. The molecule has 1 aromatic rings. The molecule has 1 aliphatic rings. The van der Waals surface area contributed by atoms with E-state index in [9.17, 15) is 0 Å². The molecule has 0 saturated carbocycles. The van der Waals surface area contributed by atoms with E-state index in [1.165, 1.54) is 0 Å². The topological polar surface area (TPSA) is 25.8 Å². The molecule has 0 bridgehead atoms. The van der Waals surface area contributed by atoms with Crippen LogP contribution in [0.25, 0.3) is 6.08 Å². The normalized spacial score (nSPS) is 14.8. The van der Waals surface area contributed by atoms with Crippen LogP contribution in [0.3, 0.4) is 0 Å². The smallest absolute Gasteiger partial charge is 0.0858 e. The van der Waals surface area contributed by atoms with Crippen molar-refractivity contribution in [1.82, 2.24) is 9.97 Å². The predicted octanol–water partition coefficient (Wildman–Crippen LogP) is 1.69. The Morgan fingerprint density at radius 2 is 2.20 bits per heavy atom. The van der Waals surface area contributed by atoms with Gasteiger partial charge in [-0.15, -0.1) is 11.8 Å².